The Balaban J connectivity index is 2.82. The van der Waals surface area contributed by atoms with E-state index in [-0.39, 0.29) is 16.1 Å². The summed E-state index contributed by atoms with van der Waals surface area (Å²) in [7, 11) is 0. The van der Waals surface area contributed by atoms with Gasteiger partial charge in [-0.05, 0) is 35.0 Å². The summed E-state index contributed by atoms with van der Waals surface area (Å²) in [5, 5.41) is 2.62. The molecule has 0 aliphatic heterocycles. The van der Waals surface area contributed by atoms with Crippen LogP contribution in [0.3, 0.4) is 0 Å². The second-order valence-electron chi connectivity index (χ2n) is 3.38. The summed E-state index contributed by atoms with van der Waals surface area (Å²) in [6, 6.07) is 4.40. The molecule has 0 saturated carbocycles. The van der Waals surface area contributed by atoms with Gasteiger partial charge in [0.25, 0.3) is 5.91 Å². The summed E-state index contributed by atoms with van der Waals surface area (Å²) < 4.78 is 13.8. The van der Waals surface area contributed by atoms with E-state index in [1.807, 2.05) is 0 Å². The molecular formula is C12H11BrFNO. The second kappa shape index (κ2) is 5.66. The van der Waals surface area contributed by atoms with Gasteiger partial charge in [0, 0.05) is 12.5 Å². The number of rotatable bonds is 3. The van der Waals surface area contributed by atoms with E-state index in [0.29, 0.717) is 6.42 Å². The van der Waals surface area contributed by atoms with Crippen LogP contribution in [0.4, 0.5) is 4.39 Å². The van der Waals surface area contributed by atoms with Crippen molar-refractivity contribution >= 4 is 21.8 Å². The smallest absolute Gasteiger partial charge is 0.254 e. The van der Waals surface area contributed by atoms with Crippen LogP contribution in [-0.4, -0.2) is 11.9 Å². The molecule has 0 spiro atoms. The van der Waals surface area contributed by atoms with Crippen LogP contribution in [0.2, 0.25) is 0 Å². The first-order chi connectivity index (χ1) is 7.56. The highest BCUT2D eigenvalue weighted by Crippen LogP contribution is 2.18. The predicted molar refractivity (Wildman–Crippen MR) is 64.5 cm³/mol. The van der Waals surface area contributed by atoms with E-state index >= 15 is 0 Å². The minimum atomic E-state index is -0.562. The highest BCUT2D eigenvalue weighted by molar-refractivity contribution is 9.10. The van der Waals surface area contributed by atoms with Gasteiger partial charge in [0.15, 0.2) is 0 Å². The van der Waals surface area contributed by atoms with E-state index in [2.05, 4.69) is 27.2 Å². The SMILES string of the molecule is C#CCC(C)NC(=O)c1cccc(Br)c1F. The third kappa shape index (κ3) is 3.07. The number of terminal acetylenes is 1. The molecule has 16 heavy (non-hydrogen) atoms. The number of benzene rings is 1. The molecule has 0 aliphatic carbocycles. The molecule has 0 aliphatic rings. The van der Waals surface area contributed by atoms with Gasteiger partial charge < -0.3 is 5.32 Å². The molecule has 2 nitrogen and oxygen atoms in total. The molecule has 1 amide bonds. The summed E-state index contributed by atoms with van der Waals surface area (Å²) in [5.41, 5.74) is 0.0123. The van der Waals surface area contributed by atoms with Crippen molar-refractivity contribution < 1.29 is 9.18 Å². The average Bonchev–Trinajstić information content (AvgIpc) is 2.22. The van der Waals surface area contributed by atoms with Crippen LogP contribution in [0.25, 0.3) is 0 Å². The van der Waals surface area contributed by atoms with Crippen molar-refractivity contribution in [2.45, 2.75) is 19.4 Å². The number of hydrogen-bond acceptors (Lipinski definition) is 1. The van der Waals surface area contributed by atoms with Crippen molar-refractivity contribution in [1.82, 2.24) is 5.32 Å². The van der Waals surface area contributed by atoms with E-state index in [0.717, 1.165) is 0 Å². The summed E-state index contributed by atoms with van der Waals surface area (Å²) in [6.45, 7) is 1.77. The molecule has 0 aromatic heterocycles. The molecule has 84 valence electrons. The van der Waals surface area contributed by atoms with Gasteiger partial charge in [-0.25, -0.2) is 4.39 Å². The molecule has 0 bridgehead atoms. The zero-order valence-corrected chi connectivity index (χ0v) is 10.3. The molecule has 1 atom stereocenters. The summed E-state index contributed by atoms with van der Waals surface area (Å²) in [5.74, 6) is 1.41. The first-order valence-electron chi connectivity index (χ1n) is 4.74. The Morgan fingerprint density at radius 2 is 2.38 bits per heavy atom. The number of carbonyl (C=O) groups is 1. The van der Waals surface area contributed by atoms with Gasteiger partial charge in [-0.1, -0.05) is 6.07 Å². The Bertz CT molecular complexity index is 439. The van der Waals surface area contributed by atoms with Gasteiger partial charge in [-0.15, -0.1) is 12.3 Å². The van der Waals surface area contributed by atoms with Crippen molar-refractivity contribution in [3.05, 3.63) is 34.1 Å². The van der Waals surface area contributed by atoms with Crippen LogP contribution in [0.15, 0.2) is 22.7 Å². The summed E-state index contributed by atoms with van der Waals surface area (Å²) in [4.78, 5) is 11.7. The van der Waals surface area contributed by atoms with E-state index in [9.17, 15) is 9.18 Å². The molecule has 1 unspecified atom stereocenters. The van der Waals surface area contributed by atoms with Crippen LogP contribution in [-0.2, 0) is 0 Å². The zero-order chi connectivity index (χ0) is 12.1. The Kier molecular flexibility index (Phi) is 4.51. The maximum Gasteiger partial charge on any atom is 0.254 e. The number of hydrogen-bond donors (Lipinski definition) is 1. The lowest BCUT2D eigenvalue weighted by Crippen LogP contribution is -2.32. The van der Waals surface area contributed by atoms with Crippen molar-refractivity contribution in [3.63, 3.8) is 0 Å². The number of amides is 1. The van der Waals surface area contributed by atoms with Crippen molar-refractivity contribution in [2.24, 2.45) is 0 Å². The van der Waals surface area contributed by atoms with E-state index in [1.54, 1.807) is 13.0 Å². The van der Waals surface area contributed by atoms with Crippen LogP contribution in [0.1, 0.15) is 23.7 Å². The molecular weight excluding hydrogens is 273 g/mol. The summed E-state index contributed by atoms with van der Waals surface area (Å²) in [6.07, 6.45) is 5.53. The fraction of sp³-hybridized carbons (Fsp3) is 0.250. The normalized spacial score (nSPS) is 11.6. The maximum absolute atomic E-state index is 13.5. The second-order valence-corrected chi connectivity index (χ2v) is 4.24. The third-order valence-electron chi connectivity index (χ3n) is 2.00. The molecule has 4 heteroatoms. The largest absolute Gasteiger partial charge is 0.349 e. The minimum Gasteiger partial charge on any atom is -0.349 e. The number of halogens is 2. The molecule has 1 rings (SSSR count). The number of nitrogens with one attached hydrogen (secondary N) is 1. The zero-order valence-electron chi connectivity index (χ0n) is 8.76. The monoisotopic (exact) mass is 283 g/mol. The third-order valence-corrected chi connectivity index (χ3v) is 2.61. The Labute approximate surface area is 102 Å². The molecule has 1 aromatic carbocycles. The van der Waals surface area contributed by atoms with Gasteiger partial charge in [0.2, 0.25) is 0 Å². The first-order valence-corrected chi connectivity index (χ1v) is 5.54. The van der Waals surface area contributed by atoms with E-state index in [4.69, 9.17) is 6.42 Å². The van der Waals surface area contributed by atoms with Gasteiger partial charge >= 0.3 is 0 Å². The maximum atomic E-state index is 13.5. The van der Waals surface area contributed by atoms with Crippen LogP contribution < -0.4 is 5.32 Å². The Morgan fingerprint density at radius 1 is 1.69 bits per heavy atom. The fourth-order valence-electron chi connectivity index (χ4n) is 1.21. The van der Waals surface area contributed by atoms with Crippen LogP contribution in [0, 0.1) is 18.2 Å². The quantitative estimate of drug-likeness (QED) is 0.850. The van der Waals surface area contributed by atoms with E-state index < -0.39 is 11.7 Å². The summed E-state index contributed by atoms with van der Waals surface area (Å²) >= 11 is 3.02. The van der Waals surface area contributed by atoms with Crippen molar-refractivity contribution in [1.29, 1.82) is 0 Å². The lowest BCUT2D eigenvalue weighted by atomic mass is 10.1. The molecule has 0 heterocycles. The van der Waals surface area contributed by atoms with E-state index in [1.165, 1.54) is 12.1 Å². The van der Waals surface area contributed by atoms with Crippen molar-refractivity contribution in [3.8, 4) is 12.3 Å². The lowest BCUT2D eigenvalue weighted by Gasteiger charge is -2.11. The van der Waals surface area contributed by atoms with Gasteiger partial charge in [0.1, 0.15) is 5.82 Å². The molecule has 0 radical (unpaired) electrons. The average molecular weight is 284 g/mol. The number of carbonyl (C=O) groups excluding carboxylic acids is 1. The van der Waals surface area contributed by atoms with Gasteiger partial charge in [-0.2, -0.15) is 0 Å². The highest BCUT2D eigenvalue weighted by atomic mass is 79.9. The molecule has 1 N–H and O–H groups in total. The highest BCUT2D eigenvalue weighted by Gasteiger charge is 2.15. The van der Waals surface area contributed by atoms with Gasteiger partial charge in [0.05, 0.1) is 10.0 Å². The molecule has 0 fully saturated rings. The van der Waals surface area contributed by atoms with Crippen LogP contribution >= 0.6 is 15.9 Å². The van der Waals surface area contributed by atoms with Gasteiger partial charge in [-0.3, -0.25) is 4.79 Å². The fourth-order valence-corrected chi connectivity index (χ4v) is 1.57. The van der Waals surface area contributed by atoms with Crippen molar-refractivity contribution in [2.75, 3.05) is 0 Å². The Hall–Kier alpha value is -1.34. The molecule has 1 aromatic rings. The topological polar surface area (TPSA) is 29.1 Å². The predicted octanol–water partition coefficient (Wildman–Crippen LogP) is 2.73. The minimum absolute atomic E-state index is 0.0123. The standard InChI is InChI=1S/C12H11BrFNO/c1-3-5-8(2)15-12(16)9-6-4-7-10(13)11(9)14/h1,4,6-8H,5H2,2H3,(H,15,16). The Morgan fingerprint density at radius 3 is 3.00 bits per heavy atom. The first kappa shape index (κ1) is 12.7. The molecule has 0 saturated heterocycles. The lowest BCUT2D eigenvalue weighted by molar-refractivity contribution is 0.0936. The van der Waals surface area contributed by atoms with Crippen LogP contribution in [0.5, 0.6) is 0 Å².